The first-order valence-corrected chi connectivity index (χ1v) is 8.81. The molecule has 1 aromatic rings. The van der Waals surface area contributed by atoms with Gasteiger partial charge in [0.1, 0.15) is 0 Å². The van der Waals surface area contributed by atoms with Crippen molar-refractivity contribution in [3.63, 3.8) is 0 Å². The highest BCUT2D eigenvalue weighted by Crippen LogP contribution is 2.35. The van der Waals surface area contributed by atoms with Gasteiger partial charge in [0.15, 0.2) is 0 Å². The van der Waals surface area contributed by atoms with Crippen LogP contribution in [0.25, 0.3) is 0 Å². The van der Waals surface area contributed by atoms with E-state index in [2.05, 4.69) is 57.3 Å². The summed E-state index contributed by atoms with van der Waals surface area (Å²) in [5, 5.41) is 3.77. The summed E-state index contributed by atoms with van der Waals surface area (Å²) in [7, 11) is 0. The molecule has 1 heteroatoms. The van der Waals surface area contributed by atoms with Gasteiger partial charge in [0.2, 0.25) is 0 Å². The number of hydrogen-bond donors (Lipinski definition) is 1. The van der Waals surface area contributed by atoms with Gasteiger partial charge in [-0.1, -0.05) is 64.3 Å². The van der Waals surface area contributed by atoms with Crippen molar-refractivity contribution in [1.29, 1.82) is 0 Å². The van der Waals surface area contributed by atoms with E-state index in [0.29, 0.717) is 11.5 Å². The Hall–Kier alpha value is -0.820. The molecule has 0 radical (unpaired) electrons. The van der Waals surface area contributed by atoms with E-state index in [0.717, 1.165) is 12.5 Å². The molecular formula is C20H33N. The van der Waals surface area contributed by atoms with Gasteiger partial charge in [-0.05, 0) is 48.6 Å². The first kappa shape index (κ1) is 16.5. The van der Waals surface area contributed by atoms with E-state index in [9.17, 15) is 0 Å². The Balaban J connectivity index is 1.86. The average Bonchev–Trinajstić information content (AvgIpc) is 2.46. The van der Waals surface area contributed by atoms with Crippen LogP contribution < -0.4 is 5.32 Å². The van der Waals surface area contributed by atoms with Crippen LogP contribution in [-0.4, -0.2) is 6.54 Å². The van der Waals surface area contributed by atoms with Crippen molar-refractivity contribution in [1.82, 2.24) is 5.32 Å². The van der Waals surface area contributed by atoms with E-state index in [1.54, 1.807) is 0 Å². The molecule has 0 heterocycles. The number of benzene rings is 1. The van der Waals surface area contributed by atoms with E-state index < -0.39 is 0 Å². The summed E-state index contributed by atoms with van der Waals surface area (Å²) in [5.41, 5.74) is 3.39. The van der Waals surface area contributed by atoms with Crippen LogP contribution in [0.15, 0.2) is 24.3 Å². The summed E-state index contributed by atoms with van der Waals surface area (Å²) >= 11 is 0. The van der Waals surface area contributed by atoms with Crippen molar-refractivity contribution in [2.24, 2.45) is 11.3 Å². The van der Waals surface area contributed by atoms with Gasteiger partial charge < -0.3 is 5.32 Å². The molecule has 0 spiro atoms. The normalized spacial score (nSPS) is 19.7. The van der Waals surface area contributed by atoms with Gasteiger partial charge in [0.05, 0.1) is 0 Å². The maximum Gasteiger partial charge on any atom is 0.0292 e. The molecule has 1 fully saturated rings. The van der Waals surface area contributed by atoms with Crippen LogP contribution >= 0.6 is 0 Å². The lowest BCUT2D eigenvalue weighted by atomic mass is 9.75. The molecule has 1 aliphatic carbocycles. The zero-order valence-corrected chi connectivity index (χ0v) is 14.4. The Morgan fingerprint density at radius 2 is 1.62 bits per heavy atom. The van der Waals surface area contributed by atoms with Crippen LogP contribution in [0.2, 0.25) is 0 Å². The maximum absolute atomic E-state index is 3.77. The lowest BCUT2D eigenvalue weighted by Crippen LogP contribution is -2.34. The number of rotatable bonds is 6. The Bertz CT molecular complexity index is 412. The summed E-state index contributed by atoms with van der Waals surface area (Å²) in [6, 6.07) is 9.67. The molecule has 0 saturated heterocycles. The third-order valence-electron chi connectivity index (χ3n) is 5.02. The summed E-state index contributed by atoms with van der Waals surface area (Å²) < 4.78 is 0. The molecule has 0 aliphatic heterocycles. The first-order chi connectivity index (χ1) is 9.98. The SMILES string of the molecule is CC(C)Cc1ccc(C(C)NCC2(C)CCCCC2)cc1. The molecule has 1 aromatic carbocycles. The van der Waals surface area contributed by atoms with E-state index in [-0.39, 0.29) is 0 Å². The van der Waals surface area contributed by atoms with Gasteiger partial charge in [-0.2, -0.15) is 0 Å². The highest BCUT2D eigenvalue weighted by atomic mass is 14.9. The Morgan fingerprint density at radius 1 is 1.00 bits per heavy atom. The van der Waals surface area contributed by atoms with Crippen LogP contribution in [0.3, 0.4) is 0 Å². The molecule has 1 aliphatic rings. The smallest absolute Gasteiger partial charge is 0.0292 e. The fourth-order valence-electron chi connectivity index (χ4n) is 3.51. The van der Waals surface area contributed by atoms with E-state index in [1.807, 2.05) is 0 Å². The van der Waals surface area contributed by atoms with Gasteiger partial charge >= 0.3 is 0 Å². The lowest BCUT2D eigenvalue weighted by Gasteiger charge is -2.35. The second kappa shape index (κ2) is 7.45. The zero-order chi connectivity index (χ0) is 15.3. The van der Waals surface area contributed by atoms with Crippen molar-refractivity contribution >= 4 is 0 Å². The molecule has 118 valence electrons. The minimum atomic E-state index is 0.455. The third kappa shape index (κ3) is 5.14. The molecule has 2 rings (SSSR count). The monoisotopic (exact) mass is 287 g/mol. The van der Waals surface area contributed by atoms with Crippen molar-refractivity contribution in [3.8, 4) is 0 Å². The van der Waals surface area contributed by atoms with Gasteiger partial charge in [-0.25, -0.2) is 0 Å². The molecule has 0 aromatic heterocycles. The highest BCUT2D eigenvalue weighted by molar-refractivity contribution is 5.25. The molecule has 0 amide bonds. The van der Waals surface area contributed by atoms with Gasteiger partial charge in [-0.15, -0.1) is 0 Å². The summed E-state index contributed by atoms with van der Waals surface area (Å²) in [6.45, 7) is 10.5. The first-order valence-electron chi connectivity index (χ1n) is 8.81. The molecule has 1 saturated carbocycles. The van der Waals surface area contributed by atoms with Crippen LogP contribution in [0.1, 0.15) is 77.0 Å². The topological polar surface area (TPSA) is 12.0 Å². The lowest BCUT2D eigenvalue weighted by molar-refractivity contribution is 0.202. The van der Waals surface area contributed by atoms with E-state index >= 15 is 0 Å². The second-order valence-corrected chi connectivity index (χ2v) is 7.81. The highest BCUT2D eigenvalue weighted by Gasteiger charge is 2.26. The predicted molar refractivity (Wildman–Crippen MR) is 92.6 cm³/mol. The van der Waals surface area contributed by atoms with Gasteiger partial charge in [0, 0.05) is 12.6 Å². The molecule has 1 nitrogen and oxygen atoms in total. The van der Waals surface area contributed by atoms with Crippen LogP contribution in [0, 0.1) is 11.3 Å². The summed E-state index contributed by atoms with van der Waals surface area (Å²) in [4.78, 5) is 0. The van der Waals surface area contributed by atoms with Crippen molar-refractivity contribution in [2.45, 2.75) is 72.3 Å². The van der Waals surface area contributed by atoms with Crippen molar-refractivity contribution in [3.05, 3.63) is 35.4 Å². The fourth-order valence-corrected chi connectivity index (χ4v) is 3.51. The Labute approximate surface area is 131 Å². The Kier molecular flexibility index (Phi) is 5.87. The number of nitrogens with one attached hydrogen (secondary N) is 1. The quantitative estimate of drug-likeness (QED) is 0.728. The van der Waals surface area contributed by atoms with Crippen LogP contribution in [0.4, 0.5) is 0 Å². The van der Waals surface area contributed by atoms with Gasteiger partial charge in [0.25, 0.3) is 0 Å². The second-order valence-electron chi connectivity index (χ2n) is 7.81. The molecular weight excluding hydrogens is 254 g/mol. The number of hydrogen-bond acceptors (Lipinski definition) is 1. The van der Waals surface area contributed by atoms with Crippen molar-refractivity contribution < 1.29 is 0 Å². The maximum atomic E-state index is 3.77. The summed E-state index contributed by atoms with van der Waals surface area (Å²) in [6.07, 6.45) is 8.22. The molecule has 1 atom stereocenters. The van der Waals surface area contributed by atoms with Gasteiger partial charge in [-0.3, -0.25) is 0 Å². The third-order valence-corrected chi connectivity index (χ3v) is 5.02. The predicted octanol–water partition coefficient (Wildman–Crippen LogP) is 5.51. The molecule has 1 N–H and O–H groups in total. The molecule has 1 unspecified atom stereocenters. The average molecular weight is 287 g/mol. The van der Waals surface area contributed by atoms with E-state index in [1.165, 1.54) is 49.7 Å². The Morgan fingerprint density at radius 3 is 2.19 bits per heavy atom. The fraction of sp³-hybridized carbons (Fsp3) is 0.700. The zero-order valence-electron chi connectivity index (χ0n) is 14.4. The van der Waals surface area contributed by atoms with Crippen LogP contribution in [-0.2, 0) is 6.42 Å². The van der Waals surface area contributed by atoms with Crippen LogP contribution in [0.5, 0.6) is 0 Å². The minimum Gasteiger partial charge on any atom is -0.310 e. The molecule has 21 heavy (non-hydrogen) atoms. The minimum absolute atomic E-state index is 0.455. The largest absolute Gasteiger partial charge is 0.310 e. The molecule has 0 bridgehead atoms. The van der Waals surface area contributed by atoms with E-state index in [4.69, 9.17) is 0 Å². The van der Waals surface area contributed by atoms with Crippen molar-refractivity contribution in [2.75, 3.05) is 6.54 Å². The standard InChI is InChI=1S/C20H33N/c1-16(2)14-18-8-10-19(11-9-18)17(3)21-15-20(4)12-6-5-7-13-20/h8-11,16-17,21H,5-7,12-15H2,1-4H3. The summed E-state index contributed by atoms with van der Waals surface area (Å²) in [5.74, 6) is 0.734.